The molecule has 7 nitrogen and oxygen atoms in total. The molecule has 0 spiro atoms. The van der Waals surface area contributed by atoms with E-state index < -0.39 is 5.91 Å². The quantitative estimate of drug-likeness (QED) is 0.335. The first kappa shape index (κ1) is 16.5. The lowest BCUT2D eigenvalue weighted by Gasteiger charge is -2.03. The second kappa shape index (κ2) is 7.04. The average Bonchev–Trinajstić information content (AvgIpc) is 3.40. The molecule has 7 heteroatoms. The van der Waals surface area contributed by atoms with Crippen LogP contribution in [-0.2, 0) is 4.79 Å². The molecule has 1 fully saturated rings. The lowest BCUT2D eigenvalue weighted by molar-refractivity contribution is -0.135. The van der Waals surface area contributed by atoms with Crippen LogP contribution in [0.3, 0.4) is 0 Å². The van der Waals surface area contributed by atoms with Gasteiger partial charge in [0, 0.05) is 11.6 Å². The first-order valence-corrected chi connectivity index (χ1v) is 7.69. The van der Waals surface area contributed by atoms with Gasteiger partial charge < -0.3 is 14.9 Å². The molecule has 1 amide bonds. The third-order valence-electron chi connectivity index (χ3n) is 3.55. The fraction of sp³-hybridized carbons (Fsp3) is 0.167. The largest absolute Gasteiger partial charge is 0.508 e. The number of nitrogens with one attached hydrogen (secondary N) is 1. The molecule has 0 aliphatic heterocycles. The summed E-state index contributed by atoms with van der Waals surface area (Å²) in [5.41, 5.74) is 3.07. The highest BCUT2D eigenvalue weighted by molar-refractivity contribution is 5.95. The Balaban J connectivity index is 1.56. The third kappa shape index (κ3) is 4.57. The molecule has 25 heavy (non-hydrogen) atoms. The van der Waals surface area contributed by atoms with Crippen LogP contribution in [0.15, 0.2) is 47.6 Å². The van der Waals surface area contributed by atoms with Crippen molar-refractivity contribution < 1.29 is 24.5 Å². The summed E-state index contributed by atoms with van der Waals surface area (Å²) >= 11 is 0. The zero-order valence-electron chi connectivity index (χ0n) is 13.2. The molecule has 1 aliphatic rings. The fourth-order valence-corrected chi connectivity index (χ4v) is 2.10. The predicted molar refractivity (Wildman–Crippen MR) is 89.6 cm³/mol. The lowest BCUT2D eigenvalue weighted by Crippen LogP contribution is -2.17. The van der Waals surface area contributed by atoms with Crippen LogP contribution < -0.4 is 10.2 Å². The van der Waals surface area contributed by atoms with Gasteiger partial charge in [0.1, 0.15) is 17.2 Å². The highest BCUT2D eigenvalue weighted by Crippen LogP contribution is 2.30. The van der Waals surface area contributed by atoms with Gasteiger partial charge >= 0.3 is 5.97 Å². The first-order valence-electron chi connectivity index (χ1n) is 7.69. The summed E-state index contributed by atoms with van der Waals surface area (Å²) in [5.74, 6) is -0.710. The fourth-order valence-electron chi connectivity index (χ4n) is 2.10. The molecule has 2 aromatic carbocycles. The molecular weight excluding hydrogens is 324 g/mol. The molecule has 0 aromatic heterocycles. The Bertz CT molecular complexity index is 806. The number of nitrogens with zero attached hydrogens (tertiary/aromatic N) is 1. The second-order valence-electron chi connectivity index (χ2n) is 5.70. The van der Waals surface area contributed by atoms with E-state index in [1.54, 1.807) is 24.3 Å². The van der Waals surface area contributed by atoms with Gasteiger partial charge in [-0.25, -0.2) is 5.43 Å². The summed E-state index contributed by atoms with van der Waals surface area (Å²) in [6.45, 7) is 0. The number of carbonyl (C=O) groups is 2. The Hall–Kier alpha value is -3.35. The van der Waals surface area contributed by atoms with Gasteiger partial charge in [-0.05, 0) is 54.8 Å². The monoisotopic (exact) mass is 340 g/mol. The average molecular weight is 340 g/mol. The van der Waals surface area contributed by atoms with Crippen molar-refractivity contribution in [2.24, 2.45) is 11.0 Å². The number of benzene rings is 2. The molecule has 0 saturated heterocycles. The molecule has 0 radical (unpaired) electrons. The summed E-state index contributed by atoms with van der Waals surface area (Å²) in [5, 5.41) is 22.5. The first-order chi connectivity index (χ1) is 12.0. The summed E-state index contributed by atoms with van der Waals surface area (Å²) in [6.07, 6.45) is 3.20. The Labute approximate surface area is 143 Å². The second-order valence-corrected chi connectivity index (χ2v) is 5.70. The van der Waals surface area contributed by atoms with E-state index in [0.29, 0.717) is 11.3 Å². The number of ether oxygens (including phenoxy) is 1. The van der Waals surface area contributed by atoms with Gasteiger partial charge in [-0.15, -0.1) is 0 Å². The van der Waals surface area contributed by atoms with E-state index in [9.17, 15) is 19.8 Å². The van der Waals surface area contributed by atoms with E-state index >= 15 is 0 Å². The number of hydrazone groups is 1. The van der Waals surface area contributed by atoms with Crippen LogP contribution in [0.1, 0.15) is 28.8 Å². The molecule has 3 N–H and O–H groups in total. The van der Waals surface area contributed by atoms with Crippen LogP contribution in [-0.4, -0.2) is 28.3 Å². The molecule has 1 aliphatic carbocycles. The zero-order chi connectivity index (χ0) is 17.8. The van der Waals surface area contributed by atoms with Crippen molar-refractivity contribution in [1.82, 2.24) is 5.43 Å². The van der Waals surface area contributed by atoms with Crippen molar-refractivity contribution in [3.05, 3.63) is 53.6 Å². The molecule has 0 bridgehead atoms. The zero-order valence-corrected chi connectivity index (χ0v) is 13.2. The third-order valence-corrected chi connectivity index (χ3v) is 3.55. The number of amides is 1. The van der Waals surface area contributed by atoms with Gasteiger partial charge in [-0.1, -0.05) is 0 Å². The molecule has 0 unspecified atom stereocenters. The minimum atomic E-state index is -0.572. The number of phenols is 2. The normalized spacial score (nSPS) is 13.6. The van der Waals surface area contributed by atoms with E-state index in [0.717, 1.165) is 18.9 Å². The molecule has 2 aromatic rings. The maximum absolute atomic E-state index is 11.9. The number of hydrogen-bond donors (Lipinski definition) is 3. The Morgan fingerprint density at radius 1 is 1.08 bits per heavy atom. The van der Waals surface area contributed by atoms with Crippen LogP contribution in [0.2, 0.25) is 0 Å². The Kier molecular flexibility index (Phi) is 4.65. The van der Waals surface area contributed by atoms with Gasteiger partial charge in [0.15, 0.2) is 0 Å². The van der Waals surface area contributed by atoms with Crippen LogP contribution in [0.4, 0.5) is 0 Å². The highest BCUT2D eigenvalue weighted by Gasteiger charge is 2.31. The van der Waals surface area contributed by atoms with Crippen molar-refractivity contribution in [1.29, 1.82) is 0 Å². The van der Waals surface area contributed by atoms with Gasteiger partial charge in [-0.3, -0.25) is 9.59 Å². The van der Waals surface area contributed by atoms with Gasteiger partial charge in [0.05, 0.1) is 12.1 Å². The number of aromatic hydroxyl groups is 2. The van der Waals surface area contributed by atoms with Crippen molar-refractivity contribution >= 4 is 18.1 Å². The number of esters is 1. The van der Waals surface area contributed by atoms with E-state index in [1.165, 1.54) is 18.3 Å². The number of rotatable bonds is 5. The van der Waals surface area contributed by atoms with Crippen LogP contribution in [0.25, 0.3) is 0 Å². The Morgan fingerprint density at radius 2 is 1.72 bits per heavy atom. The van der Waals surface area contributed by atoms with Crippen molar-refractivity contribution in [2.75, 3.05) is 0 Å². The summed E-state index contributed by atoms with van der Waals surface area (Å²) < 4.78 is 5.22. The number of phenolic OH excluding ortho intramolecular Hbond substituents is 2. The Morgan fingerprint density at radius 3 is 2.32 bits per heavy atom. The highest BCUT2D eigenvalue weighted by atomic mass is 16.5. The smallest absolute Gasteiger partial charge is 0.314 e. The predicted octanol–water partition coefficient (Wildman–Crippen LogP) is 2.18. The standard InChI is InChI=1S/C18H16N2O5/c21-14-7-13(8-15(22)9-14)17(23)20-19-10-11-1-5-16(6-2-11)25-18(24)12-3-4-12/h1-2,5-10,12,21-22H,3-4H2,(H,20,23)/b19-10+. The van der Waals surface area contributed by atoms with Gasteiger partial charge in [-0.2, -0.15) is 5.10 Å². The molecule has 128 valence electrons. The molecule has 3 rings (SSSR count). The summed E-state index contributed by atoms with van der Waals surface area (Å²) in [7, 11) is 0. The van der Waals surface area contributed by atoms with E-state index in [2.05, 4.69) is 10.5 Å². The minimum absolute atomic E-state index is 0.0355. The molecular formula is C18H16N2O5. The number of hydrogen-bond acceptors (Lipinski definition) is 6. The van der Waals surface area contributed by atoms with Crippen molar-refractivity contribution in [3.8, 4) is 17.2 Å². The molecule has 1 saturated carbocycles. The van der Waals surface area contributed by atoms with Crippen LogP contribution >= 0.6 is 0 Å². The van der Waals surface area contributed by atoms with E-state index in [-0.39, 0.29) is 28.9 Å². The number of carbonyl (C=O) groups excluding carboxylic acids is 2. The van der Waals surface area contributed by atoms with Crippen molar-refractivity contribution in [3.63, 3.8) is 0 Å². The molecule has 0 heterocycles. The maximum Gasteiger partial charge on any atom is 0.314 e. The minimum Gasteiger partial charge on any atom is -0.508 e. The molecule has 0 atom stereocenters. The van der Waals surface area contributed by atoms with Crippen LogP contribution in [0, 0.1) is 5.92 Å². The van der Waals surface area contributed by atoms with E-state index in [1.807, 2.05) is 0 Å². The van der Waals surface area contributed by atoms with Crippen molar-refractivity contribution in [2.45, 2.75) is 12.8 Å². The summed E-state index contributed by atoms with van der Waals surface area (Å²) in [6, 6.07) is 10.3. The van der Waals surface area contributed by atoms with E-state index in [4.69, 9.17) is 4.74 Å². The SMILES string of the molecule is O=C(N/N=C/c1ccc(OC(=O)C2CC2)cc1)c1cc(O)cc(O)c1. The topological polar surface area (TPSA) is 108 Å². The summed E-state index contributed by atoms with van der Waals surface area (Å²) in [4.78, 5) is 23.4. The van der Waals surface area contributed by atoms with Crippen LogP contribution in [0.5, 0.6) is 17.2 Å². The maximum atomic E-state index is 11.9. The van der Waals surface area contributed by atoms with Gasteiger partial charge in [0.2, 0.25) is 0 Å². The lowest BCUT2D eigenvalue weighted by atomic mass is 10.2. The van der Waals surface area contributed by atoms with Gasteiger partial charge in [0.25, 0.3) is 5.91 Å².